The van der Waals surface area contributed by atoms with Crippen molar-refractivity contribution in [2.45, 2.75) is 6.61 Å². The van der Waals surface area contributed by atoms with E-state index in [1.807, 2.05) is 48.5 Å². The molecule has 0 aliphatic rings. The van der Waals surface area contributed by atoms with E-state index in [2.05, 4.69) is 25.6 Å². The summed E-state index contributed by atoms with van der Waals surface area (Å²) in [6, 6.07) is 13.7. The maximum Gasteiger partial charge on any atom is 0.214 e. The fraction of sp³-hybridized carbons (Fsp3) is 0.0667. The van der Waals surface area contributed by atoms with Crippen molar-refractivity contribution in [3.05, 3.63) is 71.8 Å². The summed E-state index contributed by atoms with van der Waals surface area (Å²) in [6.45, 7) is 0.396. The summed E-state index contributed by atoms with van der Waals surface area (Å²) in [5, 5.41) is 13.8. The van der Waals surface area contributed by atoms with Gasteiger partial charge in [0.05, 0.1) is 0 Å². The number of H-pyrrole nitrogens is 1. The van der Waals surface area contributed by atoms with E-state index in [9.17, 15) is 0 Å². The third-order valence-electron chi connectivity index (χ3n) is 2.79. The Labute approximate surface area is 121 Å². The van der Waals surface area contributed by atoms with Gasteiger partial charge in [0.1, 0.15) is 6.61 Å². The molecule has 0 aliphatic heterocycles. The molecule has 21 heavy (non-hydrogen) atoms. The summed E-state index contributed by atoms with van der Waals surface area (Å²) in [6.07, 6.45) is 5.38. The second-order valence-electron chi connectivity index (χ2n) is 4.32. The molecule has 1 N–H and O–H groups in total. The highest BCUT2D eigenvalue weighted by Crippen LogP contribution is 2.17. The van der Waals surface area contributed by atoms with E-state index in [-0.39, 0.29) is 0 Å². The Kier molecular flexibility index (Phi) is 3.97. The van der Waals surface area contributed by atoms with Crippen molar-refractivity contribution in [3.63, 3.8) is 0 Å². The van der Waals surface area contributed by atoms with Crippen LogP contribution in [0, 0.1) is 0 Å². The number of hydrogen-bond donors (Lipinski definition) is 1. The minimum atomic E-state index is 0.396. The van der Waals surface area contributed by atoms with Crippen molar-refractivity contribution < 1.29 is 4.74 Å². The molecule has 0 saturated heterocycles. The van der Waals surface area contributed by atoms with Crippen molar-refractivity contribution >= 4 is 11.8 Å². The molecule has 2 aromatic heterocycles. The Morgan fingerprint density at radius 3 is 2.76 bits per heavy atom. The lowest BCUT2D eigenvalue weighted by Crippen LogP contribution is -1.96. The third kappa shape index (κ3) is 3.50. The molecule has 0 amide bonds. The monoisotopic (exact) mass is 279 g/mol. The first-order chi connectivity index (χ1) is 10.4. The predicted molar refractivity (Wildman–Crippen MR) is 77.5 cm³/mol. The van der Waals surface area contributed by atoms with Crippen molar-refractivity contribution in [3.8, 4) is 0 Å². The maximum atomic E-state index is 5.82. The van der Waals surface area contributed by atoms with Crippen LogP contribution in [0.5, 0.6) is 0 Å². The lowest BCUT2D eigenvalue weighted by atomic mass is 10.2. The fourth-order valence-corrected chi connectivity index (χ4v) is 1.79. The second-order valence-corrected chi connectivity index (χ2v) is 4.32. The molecule has 3 rings (SSSR count). The smallest absolute Gasteiger partial charge is 0.214 e. The van der Waals surface area contributed by atoms with E-state index in [1.54, 1.807) is 12.4 Å². The number of tetrazole rings is 1. The molecule has 3 aromatic rings. The van der Waals surface area contributed by atoms with Gasteiger partial charge in [-0.1, -0.05) is 36.4 Å². The van der Waals surface area contributed by atoms with Gasteiger partial charge in [0.15, 0.2) is 5.76 Å². The van der Waals surface area contributed by atoms with Crippen LogP contribution in [0.15, 0.2) is 54.9 Å². The SMILES string of the molecule is C(=C(OCc1cccnc1)c1nnn[nH]1)c1ccccc1. The normalized spacial score (nSPS) is 11.3. The average Bonchev–Trinajstić information content (AvgIpc) is 3.08. The van der Waals surface area contributed by atoms with Crippen LogP contribution in [0.2, 0.25) is 0 Å². The zero-order valence-corrected chi connectivity index (χ0v) is 11.2. The van der Waals surface area contributed by atoms with Gasteiger partial charge in [-0.05, 0) is 28.1 Å². The van der Waals surface area contributed by atoms with E-state index in [0.717, 1.165) is 11.1 Å². The molecule has 2 heterocycles. The molecule has 0 saturated carbocycles. The summed E-state index contributed by atoms with van der Waals surface area (Å²) >= 11 is 0. The zero-order valence-electron chi connectivity index (χ0n) is 11.2. The average molecular weight is 279 g/mol. The lowest BCUT2D eigenvalue weighted by molar-refractivity contribution is 0.263. The molecule has 1 aromatic carbocycles. The van der Waals surface area contributed by atoms with Gasteiger partial charge in [-0.25, -0.2) is 5.10 Å². The Hall–Kier alpha value is -3.02. The molecule has 6 nitrogen and oxygen atoms in total. The van der Waals surface area contributed by atoms with Crippen LogP contribution >= 0.6 is 0 Å². The second kappa shape index (κ2) is 6.42. The standard InChI is InChI=1S/C15H13N5O/c1-2-5-12(6-3-1)9-14(15-17-19-20-18-15)21-11-13-7-4-8-16-10-13/h1-10H,11H2,(H,17,18,19,20). The third-order valence-corrected chi connectivity index (χ3v) is 2.79. The molecule has 0 fully saturated rings. The van der Waals surface area contributed by atoms with Crippen LogP contribution in [0.1, 0.15) is 17.0 Å². The number of nitrogens with zero attached hydrogens (tertiary/aromatic N) is 4. The van der Waals surface area contributed by atoms with Crippen LogP contribution < -0.4 is 0 Å². The fourth-order valence-electron chi connectivity index (χ4n) is 1.79. The van der Waals surface area contributed by atoms with Gasteiger partial charge in [0.25, 0.3) is 0 Å². The Bertz CT molecular complexity index is 695. The van der Waals surface area contributed by atoms with Crippen molar-refractivity contribution in [1.82, 2.24) is 25.6 Å². The van der Waals surface area contributed by atoms with E-state index in [0.29, 0.717) is 18.2 Å². The summed E-state index contributed by atoms with van der Waals surface area (Å²) in [7, 11) is 0. The van der Waals surface area contributed by atoms with Crippen LogP contribution in [0.4, 0.5) is 0 Å². The van der Waals surface area contributed by atoms with Gasteiger partial charge < -0.3 is 4.74 Å². The first-order valence-electron chi connectivity index (χ1n) is 6.44. The van der Waals surface area contributed by atoms with Crippen molar-refractivity contribution in [1.29, 1.82) is 0 Å². The van der Waals surface area contributed by atoms with E-state index >= 15 is 0 Å². The minimum absolute atomic E-state index is 0.396. The molecule has 6 heteroatoms. The predicted octanol–water partition coefficient (Wildman–Crippen LogP) is 2.31. The van der Waals surface area contributed by atoms with Crippen molar-refractivity contribution in [2.24, 2.45) is 0 Å². The molecule has 0 atom stereocenters. The molecule has 0 unspecified atom stereocenters. The lowest BCUT2D eigenvalue weighted by Gasteiger charge is -2.07. The van der Waals surface area contributed by atoms with Gasteiger partial charge in [0, 0.05) is 18.0 Å². The van der Waals surface area contributed by atoms with Crippen LogP contribution in [-0.2, 0) is 11.3 Å². The Balaban J connectivity index is 1.82. The number of ether oxygens (including phenoxy) is 1. The number of rotatable bonds is 5. The molecule has 0 bridgehead atoms. The molecule has 104 valence electrons. The van der Waals surface area contributed by atoms with Crippen LogP contribution in [0.25, 0.3) is 11.8 Å². The summed E-state index contributed by atoms with van der Waals surface area (Å²) in [5.41, 5.74) is 1.99. The Morgan fingerprint density at radius 2 is 2.05 bits per heavy atom. The Morgan fingerprint density at radius 1 is 1.14 bits per heavy atom. The van der Waals surface area contributed by atoms with E-state index in [4.69, 9.17) is 4.74 Å². The maximum absolute atomic E-state index is 5.82. The largest absolute Gasteiger partial charge is 0.485 e. The molecular weight excluding hydrogens is 266 g/mol. The van der Waals surface area contributed by atoms with Gasteiger partial charge in [-0.2, -0.15) is 0 Å². The molecule has 0 radical (unpaired) electrons. The highest BCUT2D eigenvalue weighted by Gasteiger charge is 2.08. The van der Waals surface area contributed by atoms with Crippen LogP contribution in [-0.4, -0.2) is 25.6 Å². The number of benzene rings is 1. The minimum Gasteiger partial charge on any atom is -0.485 e. The van der Waals surface area contributed by atoms with Gasteiger partial charge in [-0.3, -0.25) is 4.98 Å². The van der Waals surface area contributed by atoms with E-state index in [1.165, 1.54) is 0 Å². The van der Waals surface area contributed by atoms with Crippen LogP contribution in [0.3, 0.4) is 0 Å². The highest BCUT2D eigenvalue weighted by atomic mass is 16.5. The number of aromatic amines is 1. The summed E-state index contributed by atoms with van der Waals surface area (Å²) in [5.74, 6) is 1.07. The quantitative estimate of drug-likeness (QED) is 0.725. The van der Waals surface area contributed by atoms with Gasteiger partial charge in [-0.15, -0.1) is 5.10 Å². The summed E-state index contributed by atoms with van der Waals surface area (Å²) < 4.78 is 5.82. The molecule has 0 aliphatic carbocycles. The molecular formula is C15H13N5O. The first kappa shape index (κ1) is 13.0. The number of nitrogens with one attached hydrogen (secondary N) is 1. The topological polar surface area (TPSA) is 76.6 Å². The van der Waals surface area contributed by atoms with Gasteiger partial charge >= 0.3 is 0 Å². The molecule has 0 spiro atoms. The highest BCUT2D eigenvalue weighted by molar-refractivity contribution is 5.73. The zero-order chi connectivity index (χ0) is 14.3. The summed E-state index contributed by atoms with van der Waals surface area (Å²) in [4.78, 5) is 4.06. The van der Waals surface area contributed by atoms with E-state index < -0.39 is 0 Å². The number of hydrogen-bond acceptors (Lipinski definition) is 5. The van der Waals surface area contributed by atoms with Gasteiger partial charge in [0.2, 0.25) is 5.82 Å². The number of pyridine rings is 1. The van der Waals surface area contributed by atoms with Crippen molar-refractivity contribution in [2.75, 3.05) is 0 Å². The first-order valence-corrected chi connectivity index (χ1v) is 6.44. The number of aromatic nitrogens is 5.